The molecule has 1 unspecified atom stereocenters. The molecule has 0 aromatic rings. The first-order valence-electron chi connectivity index (χ1n) is 2.79. The molecule has 0 saturated carbocycles. The van der Waals surface area contributed by atoms with Gasteiger partial charge in [0, 0.05) is 7.11 Å². The van der Waals surface area contributed by atoms with E-state index in [1.807, 2.05) is 0 Å². The highest BCUT2D eigenvalue weighted by atomic mass is 16.5. The summed E-state index contributed by atoms with van der Waals surface area (Å²) in [6.45, 7) is 4.94. The lowest BCUT2D eigenvalue weighted by molar-refractivity contribution is -0.133. The highest BCUT2D eigenvalue weighted by Crippen LogP contribution is 1.88. The predicted octanol–water partition coefficient (Wildman–Crippen LogP) is 0.167. The fraction of sp³-hybridized carbons (Fsp3) is 0.500. The van der Waals surface area contributed by atoms with Gasteiger partial charge in [-0.1, -0.05) is 6.58 Å². The minimum absolute atomic E-state index is 0.0608. The van der Waals surface area contributed by atoms with Crippen LogP contribution in [0.25, 0.3) is 0 Å². The van der Waals surface area contributed by atoms with Gasteiger partial charge in [-0.2, -0.15) is 0 Å². The fourth-order valence-electron chi connectivity index (χ4n) is 0.366. The van der Waals surface area contributed by atoms with Crippen molar-refractivity contribution in [2.24, 2.45) is 0 Å². The summed E-state index contributed by atoms with van der Waals surface area (Å²) in [6, 6.07) is 0. The van der Waals surface area contributed by atoms with E-state index in [0.717, 1.165) is 0 Å². The van der Waals surface area contributed by atoms with Crippen LogP contribution >= 0.6 is 0 Å². The maximum absolute atomic E-state index is 10.1. The molecule has 0 fully saturated rings. The zero-order chi connectivity index (χ0) is 8.15. The van der Waals surface area contributed by atoms with Crippen LogP contribution in [0, 0.1) is 0 Å². The lowest BCUT2D eigenvalue weighted by atomic mass is 10.5. The molecule has 1 atom stereocenters. The molecule has 0 heterocycles. The van der Waals surface area contributed by atoms with Crippen molar-refractivity contribution in [1.29, 1.82) is 0 Å². The van der Waals surface area contributed by atoms with Crippen LogP contribution in [0.5, 0.6) is 0 Å². The van der Waals surface area contributed by atoms with Crippen molar-refractivity contribution in [2.75, 3.05) is 7.11 Å². The summed E-state index contributed by atoms with van der Waals surface area (Å²) in [7, 11) is 1.48. The number of rotatable bonds is 4. The van der Waals surface area contributed by atoms with Gasteiger partial charge in [0.05, 0.1) is 0 Å². The van der Waals surface area contributed by atoms with Crippen LogP contribution in [-0.2, 0) is 9.53 Å². The van der Waals surface area contributed by atoms with Gasteiger partial charge in [-0.25, -0.2) is 4.79 Å². The van der Waals surface area contributed by atoms with Gasteiger partial charge in [0.2, 0.25) is 0 Å². The molecule has 58 valence electrons. The molecule has 0 spiro atoms. The summed E-state index contributed by atoms with van der Waals surface area (Å²) < 4.78 is 4.74. The van der Waals surface area contributed by atoms with Gasteiger partial charge < -0.3 is 15.2 Å². The van der Waals surface area contributed by atoms with Gasteiger partial charge in [0.1, 0.15) is 11.9 Å². The molecule has 0 rings (SSSR count). The van der Waals surface area contributed by atoms with Crippen molar-refractivity contribution < 1.29 is 14.6 Å². The second kappa shape index (κ2) is 3.90. The summed E-state index contributed by atoms with van der Waals surface area (Å²) >= 11 is 0. The van der Waals surface area contributed by atoms with E-state index in [1.165, 1.54) is 7.11 Å². The van der Waals surface area contributed by atoms with E-state index in [1.54, 1.807) is 6.92 Å². The molecule has 0 aliphatic rings. The van der Waals surface area contributed by atoms with Crippen LogP contribution in [0.2, 0.25) is 0 Å². The molecule has 0 radical (unpaired) electrons. The quantitative estimate of drug-likeness (QED) is 0.437. The predicted molar refractivity (Wildman–Crippen MR) is 36.4 cm³/mol. The largest absolute Gasteiger partial charge is 0.477 e. The first-order chi connectivity index (χ1) is 4.57. The Hall–Kier alpha value is -1.03. The summed E-state index contributed by atoms with van der Waals surface area (Å²) in [5.41, 5.74) is -0.0608. The molecular weight excluding hydrogens is 134 g/mol. The van der Waals surface area contributed by atoms with Gasteiger partial charge in [-0.05, 0) is 6.92 Å². The zero-order valence-electron chi connectivity index (χ0n) is 6.05. The van der Waals surface area contributed by atoms with E-state index >= 15 is 0 Å². The number of carbonyl (C=O) groups is 1. The number of methoxy groups -OCH3 is 1. The van der Waals surface area contributed by atoms with Crippen molar-refractivity contribution in [2.45, 2.75) is 13.2 Å². The van der Waals surface area contributed by atoms with Crippen molar-refractivity contribution in [3.63, 3.8) is 0 Å². The summed E-state index contributed by atoms with van der Waals surface area (Å²) in [5, 5.41) is 10.8. The summed E-state index contributed by atoms with van der Waals surface area (Å²) in [4.78, 5) is 10.1. The molecule has 2 N–H and O–H groups in total. The average molecular weight is 145 g/mol. The fourth-order valence-corrected chi connectivity index (χ4v) is 0.366. The van der Waals surface area contributed by atoms with Crippen molar-refractivity contribution >= 4 is 5.97 Å². The van der Waals surface area contributed by atoms with E-state index in [4.69, 9.17) is 9.84 Å². The lowest BCUT2D eigenvalue weighted by Gasteiger charge is -2.11. The van der Waals surface area contributed by atoms with Gasteiger partial charge >= 0.3 is 5.97 Å². The third kappa shape index (κ3) is 3.09. The first kappa shape index (κ1) is 8.97. The molecule has 0 saturated heterocycles. The van der Waals surface area contributed by atoms with Gasteiger partial charge in [-0.15, -0.1) is 0 Å². The summed E-state index contributed by atoms with van der Waals surface area (Å²) in [6.07, 6.45) is -0.316. The Balaban J connectivity index is 3.68. The Kier molecular flexibility index (Phi) is 3.49. The Morgan fingerprint density at radius 2 is 2.30 bits per heavy atom. The van der Waals surface area contributed by atoms with Crippen molar-refractivity contribution in [3.8, 4) is 0 Å². The molecule has 4 nitrogen and oxygen atoms in total. The Morgan fingerprint density at radius 3 is 2.60 bits per heavy atom. The maximum Gasteiger partial charge on any atom is 0.351 e. The van der Waals surface area contributed by atoms with Crippen molar-refractivity contribution in [1.82, 2.24) is 5.32 Å². The molecule has 0 aliphatic carbocycles. The third-order valence-corrected chi connectivity index (χ3v) is 0.989. The van der Waals surface area contributed by atoms with E-state index in [2.05, 4.69) is 11.9 Å². The monoisotopic (exact) mass is 145 g/mol. The minimum Gasteiger partial charge on any atom is -0.477 e. The van der Waals surface area contributed by atoms with Crippen LogP contribution in [0.3, 0.4) is 0 Å². The molecule has 0 bridgehead atoms. The van der Waals surface area contributed by atoms with Gasteiger partial charge in [-0.3, -0.25) is 0 Å². The Bertz CT molecular complexity index is 144. The van der Waals surface area contributed by atoms with E-state index < -0.39 is 5.97 Å². The standard InChI is InChI=1S/C6H11NO3/c1-4(6(8)9)7-5(2)10-3/h5,7H,1H2,2-3H3,(H,8,9). The molecule has 0 aromatic heterocycles. The minimum atomic E-state index is -1.07. The van der Waals surface area contributed by atoms with Crippen LogP contribution in [0.15, 0.2) is 12.3 Å². The van der Waals surface area contributed by atoms with Crippen LogP contribution in [0.1, 0.15) is 6.92 Å². The molecule has 10 heavy (non-hydrogen) atoms. The molecule has 0 aliphatic heterocycles. The lowest BCUT2D eigenvalue weighted by Crippen LogP contribution is -2.29. The second-order valence-corrected chi connectivity index (χ2v) is 1.81. The van der Waals surface area contributed by atoms with Gasteiger partial charge in [0.25, 0.3) is 0 Å². The number of hydrogen-bond donors (Lipinski definition) is 2. The maximum atomic E-state index is 10.1. The normalized spacial score (nSPS) is 12.2. The first-order valence-corrected chi connectivity index (χ1v) is 2.79. The van der Waals surface area contributed by atoms with Crippen LogP contribution in [0.4, 0.5) is 0 Å². The Labute approximate surface area is 59.5 Å². The second-order valence-electron chi connectivity index (χ2n) is 1.81. The topological polar surface area (TPSA) is 58.6 Å². The average Bonchev–Trinajstić information content (AvgIpc) is 1.87. The number of nitrogens with one attached hydrogen (secondary N) is 1. The SMILES string of the molecule is C=C(NC(C)OC)C(=O)O. The number of carboxylic acid groups (broad SMARTS) is 1. The zero-order valence-corrected chi connectivity index (χ0v) is 6.05. The molecular formula is C6H11NO3. The van der Waals surface area contributed by atoms with E-state index in [-0.39, 0.29) is 11.9 Å². The Morgan fingerprint density at radius 1 is 1.80 bits per heavy atom. The van der Waals surface area contributed by atoms with Crippen LogP contribution < -0.4 is 5.32 Å². The molecule has 4 heteroatoms. The van der Waals surface area contributed by atoms with E-state index in [0.29, 0.717) is 0 Å². The highest BCUT2D eigenvalue weighted by molar-refractivity contribution is 5.84. The molecule has 0 aromatic carbocycles. The van der Waals surface area contributed by atoms with Gasteiger partial charge in [0.15, 0.2) is 0 Å². The highest BCUT2D eigenvalue weighted by Gasteiger charge is 2.05. The van der Waals surface area contributed by atoms with Crippen LogP contribution in [-0.4, -0.2) is 24.4 Å². The number of carboxylic acids is 1. The number of aliphatic carboxylic acids is 1. The third-order valence-electron chi connectivity index (χ3n) is 0.989. The smallest absolute Gasteiger partial charge is 0.351 e. The van der Waals surface area contributed by atoms with Crippen molar-refractivity contribution in [3.05, 3.63) is 12.3 Å². The number of hydrogen-bond acceptors (Lipinski definition) is 3. The summed E-state index contributed by atoms with van der Waals surface area (Å²) in [5.74, 6) is -1.07. The number of ether oxygens (including phenoxy) is 1. The molecule has 0 amide bonds. The van der Waals surface area contributed by atoms with E-state index in [9.17, 15) is 4.79 Å².